The van der Waals surface area contributed by atoms with Gasteiger partial charge >= 0.3 is 25.7 Å². The molecule has 1 aromatic carbocycles. The maximum absolute atomic E-state index is 14.4. The average molecular weight is 728 g/mol. The normalized spacial score (nSPS) is 24.3. The number of benzene rings is 1. The number of nitrogens with two attached hydrogens (primary N) is 1. The number of fused-ring (bicyclic) bond motifs is 1. The molecule has 2 aliphatic rings. The van der Waals surface area contributed by atoms with E-state index in [9.17, 15) is 24.2 Å². The van der Waals surface area contributed by atoms with Crippen molar-refractivity contribution in [1.82, 2.24) is 24.6 Å². The Morgan fingerprint density at radius 3 is 2.49 bits per heavy atom. The van der Waals surface area contributed by atoms with Crippen LogP contribution < -0.4 is 15.3 Å². The topological polar surface area (TPSA) is 219 Å². The van der Waals surface area contributed by atoms with Gasteiger partial charge in [-0.25, -0.2) is 14.1 Å². The predicted molar refractivity (Wildman–Crippen MR) is 180 cm³/mol. The smallest absolute Gasteiger partial charge is 0.459 e. The van der Waals surface area contributed by atoms with Crippen LogP contribution in [0.5, 0.6) is 5.75 Å². The maximum Gasteiger partial charge on any atom is 0.459 e. The Morgan fingerprint density at radius 1 is 1.14 bits per heavy atom. The molecule has 3 N–H and O–H groups in total. The first kappa shape index (κ1) is 37.7. The number of aromatic nitrogens is 3. The summed E-state index contributed by atoms with van der Waals surface area (Å²) in [6, 6.07) is 12.0. The molecule has 0 saturated carbocycles. The molecule has 0 aliphatic carbocycles. The zero-order valence-corrected chi connectivity index (χ0v) is 29.7. The standard InChI is InChI=1S/C33H42N7O10P/c1-5-39-15-13-24(14-16-39)17-45-32(43)21(2)38-51(44,50-25-9-7-6-8-10-25)46-19-33(18-34)30(48-23(4)42)29(47-22(3)41)28(49-33)26-11-12-27-31(35)36-20-37-40(26)27/h6-12,20-21,24,28-30H,5,13-17,19H2,1-4H3,(H,38,44)(H2,35,36,37)/t21-,28-,29-,30-,33+,51?/m0/s1. The third-order valence-electron chi connectivity index (χ3n) is 8.72. The second kappa shape index (κ2) is 16.2. The van der Waals surface area contributed by atoms with Crippen molar-refractivity contribution in [2.24, 2.45) is 5.92 Å². The lowest BCUT2D eigenvalue weighted by atomic mass is 9.95. The number of nitrogens with zero attached hydrogens (tertiary/aromatic N) is 5. The number of carbonyl (C=O) groups excluding carboxylic acids is 3. The Hall–Kier alpha value is -4.59. The van der Waals surface area contributed by atoms with E-state index in [1.54, 1.807) is 30.3 Å². The van der Waals surface area contributed by atoms with Crippen LogP contribution in [0.1, 0.15) is 52.3 Å². The summed E-state index contributed by atoms with van der Waals surface area (Å²) in [7, 11) is -4.54. The highest BCUT2D eigenvalue weighted by molar-refractivity contribution is 7.52. The molecule has 2 saturated heterocycles. The van der Waals surface area contributed by atoms with Crippen molar-refractivity contribution in [2.75, 3.05) is 38.6 Å². The van der Waals surface area contributed by atoms with Crippen molar-refractivity contribution in [3.8, 4) is 11.8 Å². The lowest BCUT2D eigenvalue weighted by Crippen LogP contribution is -2.49. The summed E-state index contributed by atoms with van der Waals surface area (Å²) in [6.45, 7) is 7.94. The lowest BCUT2D eigenvalue weighted by molar-refractivity contribution is -0.166. The van der Waals surface area contributed by atoms with Crippen LogP contribution in [-0.4, -0.2) is 94.1 Å². The van der Waals surface area contributed by atoms with Crippen molar-refractivity contribution >= 4 is 37.0 Å². The van der Waals surface area contributed by atoms with Gasteiger partial charge in [-0.3, -0.25) is 18.9 Å². The van der Waals surface area contributed by atoms with Gasteiger partial charge in [0, 0.05) is 13.8 Å². The van der Waals surface area contributed by atoms with Crippen LogP contribution in [0.15, 0.2) is 48.8 Å². The molecular formula is C33H42N7O10P. The summed E-state index contributed by atoms with van der Waals surface area (Å²) < 4.78 is 50.5. The summed E-state index contributed by atoms with van der Waals surface area (Å²) in [5.74, 6) is -1.82. The van der Waals surface area contributed by atoms with Crippen LogP contribution in [0, 0.1) is 17.2 Å². The number of hydrogen-bond donors (Lipinski definition) is 2. The minimum Gasteiger partial charge on any atom is -0.464 e. The first-order valence-electron chi connectivity index (χ1n) is 16.5. The summed E-state index contributed by atoms with van der Waals surface area (Å²) in [5, 5.41) is 17.5. The third-order valence-corrected chi connectivity index (χ3v) is 10.3. The fraction of sp³-hybridized carbons (Fsp3) is 0.515. The number of para-hydroxylation sites is 1. The number of hydrogen-bond acceptors (Lipinski definition) is 15. The van der Waals surface area contributed by atoms with E-state index >= 15 is 0 Å². The summed E-state index contributed by atoms with van der Waals surface area (Å²) in [5.41, 5.74) is 4.46. The van der Waals surface area contributed by atoms with Crippen LogP contribution in [0.2, 0.25) is 0 Å². The number of rotatable bonds is 14. The fourth-order valence-electron chi connectivity index (χ4n) is 6.07. The highest BCUT2D eigenvalue weighted by Crippen LogP contribution is 2.50. The van der Waals surface area contributed by atoms with Crippen molar-refractivity contribution in [3.05, 3.63) is 54.5 Å². The van der Waals surface area contributed by atoms with Crippen molar-refractivity contribution < 1.29 is 46.9 Å². The van der Waals surface area contributed by atoms with Crippen molar-refractivity contribution in [1.29, 1.82) is 5.26 Å². The summed E-state index contributed by atoms with van der Waals surface area (Å²) >= 11 is 0. The monoisotopic (exact) mass is 727 g/mol. The average Bonchev–Trinajstić information content (AvgIpc) is 3.66. The van der Waals surface area contributed by atoms with Gasteiger partial charge in [0.15, 0.2) is 18.0 Å². The van der Waals surface area contributed by atoms with Gasteiger partial charge in [0.1, 0.15) is 42.4 Å². The van der Waals surface area contributed by atoms with Crippen molar-refractivity contribution in [2.45, 2.75) is 70.5 Å². The molecule has 2 aromatic heterocycles. The molecule has 0 spiro atoms. The third kappa shape index (κ3) is 8.84. The van der Waals surface area contributed by atoms with E-state index in [2.05, 4.69) is 27.0 Å². The first-order chi connectivity index (χ1) is 24.4. The van der Waals surface area contributed by atoms with Gasteiger partial charge in [-0.15, -0.1) is 0 Å². The van der Waals surface area contributed by atoms with Gasteiger partial charge in [-0.1, -0.05) is 25.1 Å². The highest BCUT2D eigenvalue weighted by atomic mass is 31.2. The van der Waals surface area contributed by atoms with Crippen LogP contribution in [0.4, 0.5) is 5.82 Å². The minimum absolute atomic E-state index is 0.124. The summed E-state index contributed by atoms with van der Waals surface area (Å²) in [4.78, 5) is 44.2. The quantitative estimate of drug-likeness (QED) is 0.139. The first-order valence-corrected chi connectivity index (χ1v) is 18.1. The van der Waals surface area contributed by atoms with E-state index in [1.807, 2.05) is 6.07 Å². The van der Waals surface area contributed by atoms with E-state index in [1.165, 1.54) is 29.9 Å². The molecule has 5 rings (SSSR count). The fourth-order valence-corrected chi connectivity index (χ4v) is 7.59. The van der Waals surface area contributed by atoms with E-state index in [4.69, 9.17) is 33.7 Å². The molecule has 51 heavy (non-hydrogen) atoms. The summed E-state index contributed by atoms with van der Waals surface area (Å²) in [6.07, 6.45) is -1.28. The molecule has 0 bridgehead atoms. The number of esters is 3. The van der Waals surface area contributed by atoms with E-state index < -0.39 is 62.2 Å². The maximum atomic E-state index is 14.4. The van der Waals surface area contributed by atoms with Gasteiger partial charge < -0.3 is 34.1 Å². The van der Waals surface area contributed by atoms with E-state index in [-0.39, 0.29) is 29.8 Å². The van der Waals surface area contributed by atoms with Gasteiger partial charge in [0.2, 0.25) is 5.60 Å². The molecule has 1 unspecified atom stereocenters. The zero-order chi connectivity index (χ0) is 36.8. The molecule has 18 heteroatoms. The Balaban J connectivity index is 1.41. The molecule has 0 amide bonds. The number of ether oxygens (including phenoxy) is 4. The van der Waals surface area contributed by atoms with Crippen LogP contribution in [0.3, 0.4) is 0 Å². The molecular weight excluding hydrogens is 685 g/mol. The number of nitrogens with one attached hydrogen (secondary N) is 1. The molecule has 2 aliphatic heterocycles. The predicted octanol–water partition coefficient (Wildman–Crippen LogP) is 2.97. The number of nitrogen functional groups attached to an aromatic ring is 1. The second-order valence-electron chi connectivity index (χ2n) is 12.4. The number of nitriles is 1. The van der Waals surface area contributed by atoms with Gasteiger partial charge in [0.05, 0.1) is 12.3 Å². The van der Waals surface area contributed by atoms with Crippen molar-refractivity contribution in [3.63, 3.8) is 0 Å². The van der Waals surface area contributed by atoms with E-state index in [0.717, 1.165) is 46.3 Å². The molecule has 274 valence electrons. The van der Waals surface area contributed by atoms with Gasteiger partial charge in [0.25, 0.3) is 0 Å². The molecule has 4 heterocycles. The van der Waals surface area contributed by atoms with Gasteiger partial charge in [-0.05, 0) is 69.6 Å². The number of carbonyl (C=O) groups is 3. The molecule has 3 aromatic rings. The SMILES string of the molecule is CCN1CCC(COC(=O)[C@H](C)NP(=O)(OC[C@@]2(C#N)O[C@@H](c3ccc4c(N)ncnn34)[C@H](OC(C)=O)[C@@H]2OC(C)=O)Oc2ccccc2)CC1. The van der Waals surface area contributed by atoms with Crippen LogP contribution in [0.25, 0.3) is 5.52 Å². The number of anilines is 1. The molecule has 17 nitrogen and oxygen atoms in total. The Bertz CT molecular complexity index is 1790. The van der Waals surface area contributed by atoms with Crippen LogP contribution >= 0.6 is 7.75 Å². The minimum atomic E-state index is -4.54. The molecule has 0 radical (unpaired) electrons. The highest BCUT2D eigenvalue weighted by Gasteiger charge is 2.62. The Morgan fingerprint density at radius 2 is 1.84 bits per heavy atom. The Kier molecular flexibility index (Phi) is 11.9. The van der Waals surface area contributed by atoms with Crippen LogP contribution in [-0.2, 0) is 42.4 Å². The molecule has 6 atom stereocenters. The van der Waals surface area contributed by atoms with E-state index in [0.29, 0.717) is 5.52 Å². The van der Waals surface area contributed by atoms with Gasteiger partial charge in [-0.2, -0.15) is 15.4 Å². The zero-order valence-electron chi connectivity index (χ0n) is 28.8. The number of piperidine rings is 1. The molecule has 2 fully saturated rings. The second-order valence-corrected chi connectivity index (χ2v) is 14.1. The Labute approximate surface area is 294 Å². The lowest BCUT2D eigenvalue weighted by Gasteiger charge is -2.31. The number of likely N-dealkylation sites (tertiary alicyclic amines) is 1. The largest absolute Gasteiger partial charge is 0.464 e.